The van der Waals surface area contributed by atoms with E-state index in [-0.39, 0.29) is 29.8 Å². The molecule has 0 spiro atoms. The number of anilines is 1. The van der Waals surface area contributed by atoms with E-state index in [0.29, 0.717) is 65.5 Å². The number of carboxylic acids is 1. The third-order valence-electron chi connectivity index (χ3n) is 10.0. The number of alkyl halides is 3. The van der Waals surface area contributed by atoms with Gasteiger partial charge in [0.25, 0.3) is 5.91 Å². The van der Waals surface area contributed by atoms with Gasteiger partial charge in [0, 0.05) is 91.7 Å². The Morgan fingerprint density at radius 1 is 0.875 bits per heavy atom. The van der Waals surface area contributed by atoms with Gasteiger partial charge in [-0.15, -0.1) is 0 Å². The minimum atomic E-state index is -5.08. The summed E-state index contributed by atoms with van der Waals surface area (Å²) in [5, 5.41) is 14.5. The van der Waals surface area contributed by atoms with Crippen LogP contribution in [0.3, 0.4) is 0 Å². The highest BCUT2D eigenvalue weighted by Crippen LogP contribution is 2.40. The Morgan fingerprint density at radius 3 is 2.14 bits per heavy atom. The second-order valence-corrected chi connectivity index (χ2v) is 14.2. The van der Waals surface area contributed by atoms with Gasteiger partial charge in [-0.3, -0.25) is 24.2 Å². The van der Waals surface area contributed by atoms with E-state index < -0.39 is 24.0 Å². The Kier molecular flexibility index (Phi) is 12.5. The zero-order valence-corrected chi connectivity index (χ0v) is 30.9. The first kappa shape index (κ1) is 40.1. The number of benzene rings is 3. The Morgan fingerprint density at radius 2 is 1.50 bits per heavy atom. The third kappa shape index (κ3) is 9.61. The number of hydrogen-bond acceptors (Lipinski definition) is 8. The summed E-state index contributed by atoms with van der Waals surface area (Å²) in [4.78, 5) is 71.0. The van der Waals surface area contributed by atoms with E-state index in [1.165, 1.54) is 0 Å². The van der Waals surface area contributed by atoms with Gasteiger partial charge in [-0.2, -0.15) is 13.2 Å². The second-order valence-electron chi connectivity index (χ2n) is 13.8. The minimum Gasteiger partial charge on any atom is -0.475 e. The first-order valence-electron chi connectivity index (χ1n) is 18.1. The highest BCUT2D eigenvalue weighted by Gasteiger charge is 2.40. The summed E-state index contributed by atoms with van der Waals surface area (Å²) in [7, 11) is 0. The number of hydrogen-bond donors (Lipinski definition) is 3. The van der Waals surface area contributed by atoms with Gasteiger partial charge in [0.2, 0.25) is 5.91 Å². The maximum absolute atomic E-state index is 14.0. The number of aliphatic carboxylic acids is 1. The van der Waals surface area contributed by atoms with Gasteiger partial charge in [0.05, 0.1) is 17.3 Å². The summed E-state index contributed by atoms with van der Waals surface area (Å²) in [6.45, 7) is 4.29. The van der Waals surface area contributed by atoms with Crippen molar-refractivity contribution in [1.29, 1.82) is 0 Å². The van der Waals surface area contributed by atoms with E-state index in [1.807, 2.05) is 59.5 Å². The van der Waals surface area contributed by atoms with E-state index in [2.05, 4.69) is 10.6 Å². The lowest BCUT2D eigenvalue weighted by Gasteiger charge is -2.31. The number of allylic oxidation sites excluding steroid dienone is 2. The number of nitrogens with one attached hydrogen (secondary N) is 2. The number of piperazine rings is 1. The number of aliphatic imine (C=N–C) groups is 1. The first-order chi connectivity index (χ1) is 26.8. The maximum atomic E-state index is 14.0. The number of aryl methyl sites for hydroxylation is 1. The van der Waals surface area contributed by atoms with E-state index in [0.717, 1.165) is 43.0 Å². The number of carbonyl (C=O) groups is 5. The molecule has 3 aromatic rings. The number of ketones is 2. The molecule has 3 aliphatic heterocycles. The number of carboxylic acid groups (broad SMARTS) is 1. The molecule has 1 fully saturated rings. The Balaban J connectivity index is 0.000000695. The fourth-order valence-corrected chi connectivity index (χ4v) is 7.11. The summed E-state index contributed by atoms with van der Waals surface area (Å²) in [6, 6.07) is 20.1. The molecule has 56 heavy (non-hydrogen) atoms. The van der Waals surface area contributed by atoms with Crippen molar-refractivity contribution in [2.75, 3.05) is 44.6 Å². The van der Waals surface area contributed by atoms with Gasteiger partial charge in [0.15, 0.2) is 5.78 Å². The van der Waals surface area contributed by atoms with Gasteiger partial charge in [-0.25, -0.2) is 4.79 Å². The highest BCUT2D eigenvalue weighted by atomic mass is 35.5. The van der Waals surface area contributed by atoms with Gasteiger partial charge in [-0.05, 0) is 72.5 Å². The van der Waals surface area contributed by atoms with Crippen molar-refractivity contribution < 1.29 is 42.3 Å². The Bertz CT molecular complexity index is 2090. The summed E-state index contributed by atoms with van der Waals surface area (Å²) < 4.78 is 31.7. The molecule has 0 radical (unpaired) electrons. The topological polar surface area (TPSA) is 148 Å². The van der Waals surface area contributed by atoms with Crippen LogP contribution in [0.2, 0.25) is 5.02 Å². The van der Waals surface area contributed by atoms with Crippen LogP contribution in [-0.4, -0.2) is 95.9 Å². The predicted octanol–water partition coefficient (Wildman–Crippen LogP) is 6.06. The molecule has 11 nitrogen and oxygen atoms in total. The van der Waals surface area contributed by atoms with Crippen LogP contribution in [0, 0.1) is 11.8 Å². The molecular weight excluding hydrogens is 751 g/mol. The van der Waals surface area contributed by atoms with E-state index in [4.69, 9.17) is 26.5 Å². The van der Waals surface area contributed by atoms with Crippen molar-refractivity contribution in [2.24, 2.45) is 16.8 Å². The van der Waals surface area contributed by atoms with Crippen LogP contribution < -0.4 is 10.6 Å². The lowest BCUT2D eigenvalue weighted by Crippen LogP contribution is -2.46. The number of halogens is 4. The molecule has 7 rings (SSSR count). The van der Waals surface area contributed by atoms with Crippen molar-refractivity contribution in [3.8, 4) is 0 Å². The molecule has 1 aliphatic carbocycles. The molecule has 4 aliphatic rings. The molecule has 3 N–H and O–H groups in total. The quantitative estimate of drug-likeness (QED) is 0.184. The van der Waals surface area contributed by atoms with Crippen LogP contribution in [0.5, 0.6) is 0 Å². The number of rotatable bonds is 8. The average Bonchev–Trinajstić information content (AvgIpc) is 3.67. The molecule has 1 saturated heterocycles. The highest BCUT2D eigenvalue weighted by molar-refractivity contribution is 6.30. The number of nitrogens with zero attached hydrogens (tertiary/aromatic N) is 3. The monoisotopic (exact) mass is 789 g/mol. The first-order valence-corrected chi connectivity index (χ1v) is 18.5. The number of Topliss-reactive ketones (excluding diaryl/α,β-unsaturated/α-hetero) is 2. The van der Waals surface area contributed by atoms with Crippen molar-refractivity contribution in [3.05, 3.63) is 117 Å². The number of amides is 2. The lowest BCUT2D eigenvalue weighted by molar-refractivity contribution is -0.192. The average molecular weight is 790 g/mol. The van der Waals surface area contributed by atoms with Crippen LogP contribution >= 0.6 is 11.6 Å². The zero-order valence-electron chi connectivity index (χ0n) is 30.2. The fourth-order valence-electron chi connectivity index (χ4n) is 6.99. The van der Waals surface area contributed by atoms with Gasteiger partial charge >= 0.3 is 12.1 Å². The van der Waals surface area contributed by atoms with Crippen molar-refractivity contribution in [2.45, 2.75) is 31.9 Å². The Hall–Kier alpha value is -5.60. The smallest absolute Gasteiger partial charge is 0.475 e. The minimum absolute atomic E-state index is 0.0239. The molecule has 0 saturated carbocycles. The summed E-state index contributed by atoms with van der Waals surface area (Å²) >= 11 is 6.11. The van der Waals surface area contributed by atoms with Gasteiger partial charge in [-0.1, -0.05) is 42.0 Å². The maximum Gasteiger partial charge on any atom is 0.490 e. The standard InChI is InChI=1S/C39H38ClN5O4.C2HF3O2/c40-29-11-9-27(10-12-29)38(48)31-23-35(46)30(21-25-3-7-28(8-4-25)39(49)45-17-1-2-18-45)32-24-42-34-22-26(5-13-33(34)43-37(31)32)6-14-36(47)44-19-15-41-16-20-44;3-2(4,5)1(6)7/h1-5,7-13,22,24,30-31,41,43H,6,14-21,23H2;(H,6,7). The van der Waals surface area contributed by atoms with Crippen molar-refractivity contribution >= 4 is 58.5 Å². The number of fused-ring (bicyclic) bond motifs is 1. The second kappa shape index (κ2) is 17.5. The summed E-state index contributed by atoms with van der Waals surface area (Å²) in [5.74, 6) is -4.09. The lowest BCUT2D eigenvalue weighted by atomic mass is 9.74. The molecule has 0 bridgehead atoms. The predicted molar refractivity (Wildman–Crippen MR) is 204 cm³/mol. The molecule has 2 amide bonds. The van der Waals surface area contributed by atoms with Crippen LogP contribution in [0.4, 0.5) is 24.5 Å². The molecular formula is C41H39ClF3N5O6. The Labute approximate surface area is 325 Å². The zero-order chi connectivity index (χ0) is 40.0. The molecule has 292 valence electrons. The van der Waals surface area contributed by atoms with Crippen LogP contribution in [0.25, 0.3) is 0 Å². The van der Waals surface area contributed by atoms with Crippen LogP contribution in [0.15, 0.2) is 95.1 Å². The van der Waals surface area contributed by atoms with Crippen LogP contribution in [-0.2, 0) is 27.2 Å². The van der Waals surface area contributed by atoms with E-state index >= 15 is 0 Å². The fraction of sp³-hybridized carbons (Fsp3) is 0.317. The van der Waals surface area contributed by atoms with Crippen molar-refractivity contribution in [1.82, 2.24) is 15.1 Å². The molecule has 3 aromatic carbocycles. The molecule has 3 heterocycles. The van der Waals surface area contributed by atoms with Gasteiger partial charge in [0.1, 0.15) is 5.78 Å². The normalized spacial score (nSPS) is 19.0. The van der Waals surface area contributed by atoms with Gasteiger partial charge < -0.3 is 25.5 Å². The summed E-state index contributed by atoms with van der Waals surface area (Å²) in [6.07, 6.45) is 2.06. The molecule has 15 heteroatoms. The van der Waals surface area contributed by atoms with Crippen LogP contribution in [0.1, 0.15) is 44.7 Å². The largest absolute Gasteiger partial charge is 0.490 e. The summed E-state index contributed by atoms with van der Waals surface area (Å²) in [5.41, 5.74) is 5.75. The van der Waals surface area contributed by atoms with E-state index in [9.17, 15) is 32.3 Å². The SMILES string of the molecule is O=C(O)C(F)(F)F.O=C1CC(C(=O)c2ccc(Cl)cc2)C2=C(C=Nc3cc(CCC(=O)N4CCNCC4)ccc3N2)C1Cc1ccc(C(=O)N2CC=CC2)cc1. The molecule has 0 aromatic heterocycles. The number of carbonyl (C=O) groups excluding carboxylic acids is 4. The van der Waals surface area contributed by atoms with E-state index in [1.54, 1.807) is 35.4 Å². The molecule has 2 unspecified atom stereocenters. The molecule has 2 atom stereocenters. The third-order valence-corrected chi connectivity index (χ3v) is 10.3. The van der Waals surface area contributed by atoms with Crippen molar-refractivity contribution in [3.63, 3.8) is 0 Å².